The number of aromatic nitrogens is 2. The van der Waals surface area contributed by atoms with Gasteiger partial charge in [-0.1, -0.05) is 12.1 Å². The fourth-order valence-corrected chi connectivity index (χ4v) is 3.25. The Balaban J connectivity index is 1.48. The molecule has 1 unspecified atom stereocenters. The lowest BCUT2D eigenvalue weighted by Crippen LogP contribution is -2.37. The second-order valence-corrected chi connectivity index (χ2v) is 5.97. The van der Waals surface area contributed by atoms with Crippen molar-refractivity contribution in [1.82, 2.24) is 14.9 Å². The highest BCUT2D eigenvalue weighted by atomic mass is 32.1. The molecule has 1 atom stereocenters. The predicted octanol–water partition coefficient (Wildman–Crippen LogP) is 2.86. The van der Waals surface area contributed by atoms with Crippen LogP contribution >= 0.6 is 11.3 Å². The molecule has 4 rings (SSSR count). The van der Waals surface area contributed by atoms with E-state index >= 15 is 0 Å². The van der Waals surface area contributed by atoms with Crippen molar-refractivity contribution in [1.29, 1.82) is 0 Å². The van der Waals surface area contributed by atoms with Crippen LogP contribution in [-0.4, -0.2) is 34.6 Å². The van der Waals surface area contributed by atoms with Crippen molar-refractivity contribution >= 4 is 22.4 Å². The van der Waals surface area contributed by atoms with Gasteiger partial charge in [0, 0.05) is 24.7 Å². The van der Waals surface area contributed by atoms with Crippen LogP contribution in [0.5, 0.6) is 0 Å². The first-order valence-electron chi connectivity index (χ1n) is 6.96. The minimum absolute atomic E-state index is 0.0585. The summed E-state index contributed by atoms with van der Waals surface area (Å²) in [5, 5.41) is 3.02. The van der Waals surface area contributed by atoms with Gasteiger partial charge in [-0.3, -0.25) is 4.90 Å². The van der Waals surface area contributed by atoms with Crippen molar-refractivity contribution < 1.29 is 9.15 Å². The van der Waals surface area contributed by atoms with E-state index < -0.39 is 0 Å². The molecular weight excluding hydrogens is 286 g/mol. The molecule has 21 heavy (non-hydrogen) atoms. The molecule has 0 spiro atoms. The molecule has 3 aromatic rings. The predicted molar refractivity (Wildman–Crippen MR) is 80.1 cm³/mol. The van der Waals surface area contributed by atoms with Gasteiger partial charge in [-0.15, -0.1) is 11.3 Å². The summed E-state index contributed by atoms with van der Waals surface area (Å²) in [6.07, 6.45) is 1.88. The van der Waals surface area contributed by atoms with Crippen molar-refractivity contribution in [3.63, 3.8) is 0 Å². The summed E-state index contributed by atoms with van der Waals surface area (Å²) in [6, 6.07) is 7.86. The van der Waals surface area contributed by atoms with E-state index in [9.17, 15) is 0 Å². The van der Waals surface area contributed by atoms with E-state index in [-0.39, 0.29) is 6.10 Å². The van der Waals surface area contributed by atoms with Crippen molar-refractivity contribution in [2.45, 2.75) is 12.6 Å². The van der Waals surface area contributed by atoms with Gasteiger partial charge in [-0.2, -0.15) is 0 Å². The van der Waals surface area contributed by atoms with Crippen molar-refractivity contribution in [3.05, 3.63) is 46.7 Å². The number of morpholine rings is 1. The van der Waals surface area contributed by atoms with E-state index in [0.29, 0.717) is 13.2 Å². The second kappa shape index (κ2) is 5.55. The van der Waals surface area contributed by atoms with Gasteiger partial charge in [0.15, 0.2) is 5.58 Å². The molecule has 0 saturated carbocycles. The molecular formula is C15H15N3O2S. The zero-order valence-corrected chi connectivity index (χ0v) is 12.3. The van der Waals surface area contributed by atoms with Crippen molar-refractivity contribution in [2.75, 3.05) is 19.7 Å². The molecule has 0 N–H and O–H groups in total. The number of benzene rings is 1. The lowest BCUT2D eigenvalue weighted by molar-refractivity contribution is -0.0351. The van der Waals surface area contributed by atoms with E-state index in [0.717, 1.165) is 35.1 Å². The highest BCUT2D eigenvalue weighted by molar-refractivity contribution is 7.09. The van der Waals surface area contributed by atoms with Crippen LogP contribution in [0.25, 0.3) is 11.1 Å². The number of rotatable bonds is 3. The summed E-state index contributed by atoms with van der Waals surface area (Å²) in [5.74, 6) is 0.760. The summed E-state index contributed by atoms with van der Waals surface area (Å²) in [6.45, 7) is 3.14. The topological polar surface area (TPSA) is 51.4 Å². The summed E-state index contributed by atoms with van der Waals surface area (Å²) in [4.78, 5) is 11.2. The summed E-state index contributed by atoms with van der Waals surface area (Å²) in [7, 11) is 0. The Labute approximate surface area is 126 Å². The van der Waals surface area contributed by atoms with Crippen LogP contribution in [0.2, 0.25) is 0 Å². The van der Waals surface area contributed by atoms with Crippen LogP contribution in [-0.2, 0) is 11.3 Å². The molecule has 0 aliphatic carbocycles. The minimum Gasteiger partial charge on any atom is -0.439 e. The molecule has 1 aromatic carbocycles. The third-order valence-electron chi connectivity index (χ3n) is 3.57. The fourth-order valence-electron chi connectivity index (χ4n) is 2.57. The van der Waals surface area contributed by atoms with Gasteiger partial charge in [0.1, 0.15) is 16.6 Å². The van der Waals surface area contributed by atoms with Crippen molar-refractivity contribution in [3.8, 4) is 0 Å². The Morgan fingerprint density at radius 3 is 3.14 bits per heavy atom. The van der Waals surface area contributed by atoms with E-state index in [2.05, 4.69) is 14.9 Å². The number of thiazole rings is 1. The van der Waals surface area contributed by atoms with Crippen LogP contribution in [0.3, 0.4) is 0 Å². The largest absolute Gasteiger partial charge is 0.439 e. The Morgan fingerprint density at radius 2 is 2.29 bits per heavy atom. The van der Waals surface area contributed by atoms with Crippen LogP contribution < -0.4 is 0 Å². The molecule has 108 valence electrons. The van der Waals surface area contributed by atoms with Crippen LogP contribution in [0.1, 0.15) is 17.0 Å². The van der Waals surface area contributed by atoms with E-state index in [4.69, 9.17) is 9.15 Å². The molecule has 2 aromatic heterocycles. The number of hydrogen-bond donors (Lipinski definition) is 0. The smallest absolute Gasteiger partial charge is 0.209 e. The van der Waals surface area contributed by atoms with Gasteiger partial charge >= 0.3 is 0 Å². The molecule has 6 heteroatoms. The first-order valence-corrected chi connectivity index (χ1v) is 7.84. The maximum Gasteiger partial charge on any atom is 0.209 e. The number of nitrogens with zero attached hydrogens (tertiary/aromatic N) is 3. The number of ether oxygens (including phenoxy) is 1. The number of para-hydroxylation sites is 2. The van der Waals surface area contributed by atoms with Gasteiger partial charge in [-0.05, 0) is 12.1 Å². The lowest BCUT2D eigenvalue weighted by Gasteiger charge is -2.30. The standard InChI is InChI=1S/C15H15N3O2S/c1-2-4-12-11(3-1)17-14(20-12)10-18-6-7-19-13(9-18)15-16-5-8-21-15/h1-5,8,13H,6-7,9-10H2. The number of hydrogen-bond acceptors (Lipinski definition) is 6. The molecule has 1 aliphatic rings. The minimum atomic E-state index is 0.0585. The van der Waals surface area contributed by atoms with E-state index in [1.54, 1.807) is 11.3 Å². The fraction of sp³-hybridized carbons (Fsp3) is 0.333. The Morgan fingerprint density at radius 1 is 1.33 bits per heavy atom. The highest BCUT2D eigenvalue weighted by Crippen LogP contribution is 2.25. The zero-order valence-electron chi connectivity index (χ0n) is 11.4. The summed E-state index contributed by atoms with van der Waals surface area (Å²) >= 11 is 1.64. The third-order valence-corrected chi connectivity index (χ3v) is 4.44. The Bertz CT molecular complexity index is 692. The van der Waals surface area contributed by atoms with Gasteiger partial charge in [0.05, 0.1) is 13.2 Å². The normalized spacial score (nSPS) is 20.1. The van der Waals surface area contributed by atoms with Crippen molar-refractivity contribution in [2.24, 2.45) is 0 Å². The molecule has 1 aliphatic heterocycles. The zero-order chi connectivity index (χ0) is 14.1. The summed E-state index contributed by atoms with van der Waals surface area (Å²) in [5.41, 5.74) is 1.76. The molecule has 1 fully saturated rings. The van der Waals surface area contributed by atoms with Gasteiger partial charge < -0.3 is 9.15 Å². The molecule has 0 amide bonds. The lowest BCUT2D eigenvalue weighted by atomic mass is 10.3. The van der Waals surface area contributed by atoms with Gasteiger partial charge in [-0.25, -0.2) is 9.97 Å². The maximum absolute atomic E-state index is 5.80. The Kier molecular flexibility index (Phi) is 3.42. The van der Waals surface area contributed by atoms with E-state index in [1.165, 1.54) is 0 Å². The SMILES string of the molecule is c1ccc2oc(CN3CCOC(c4nccs4)C3)nc2c1. The molecule has 5 nitrogen and oxygen atoms in total. The Hall–Kier alpha value is -1.76. The molecule has 0 bridgehead atoms. The van der Waals surface area contributed by atoms with Crippen LogP contribution in [0, 0.1) is 0 Å². The van der Waals surface area contributed by atoms with Gasteiger partial charge in [0.25, 0.3) is 0 Å². The van der Waals surface area contributed by atoms with Gasteiger partial charge in [0.2, 0.25) is 5.89 Å². The van der Waals surface area contributed by atoms with Crippen LogP contribution in [0.15, 0.2) is 40.3 Å². The first kappa shape index (κ1) is 12.9. The quantitative estimate of drug-likeness (QED) is 0.744. The number of oxazole rings is 1. The molecule has 1 saturated heterocycles. The first-order chi connectivity index (χ1) is 10.4. The average Bonchev–Trinajstić information content (AvgIpc) is 3.16. The monoisotopic (exact) mass is 301 g/mol. The maximum atomic E-state index is 5.80. The number of fused-ring (bicyclic) bond motifs is 1. The highest BCUT2D eigenvalue weighted by Gasteiger charge is 2.24. The molecule has 0 radical (unpaired) electrons. The second-order valence-electron chi connectivity index (χ2n) is 5.04. The van der Waals surface area contributed by atoms with E-state index in [1.807, 2.05) is 35.8 Å². The average molecular weight is 301 g/mol. The third kappa shape index (κ3) is 2.70. The van der Waals surface area contributed by atoms with Crippen LogP contribution in [0.4, 0.5) is 0 Å². The summed E-state index contributed by atoms with van der Waals surface area (Å²) < 4.78 is 11.6. The molecule has 3 heterocycles.